The number of nitrogens with zero attached hydrogens (tertiary/aromatic N) is 4. The number of hydrogen-bond donors (Lipinski definition) is 1. The molecule has 1 aliphatic rings. The van der Waals surface area contributed by atoms with Gasteiger partial charge < -0.3 is 14.8 Å². The topological polar surface area (TPSA) is 82.2 Å². The summed E-state index contributed by atoms with van der Waals surface area (Å²) in [7, 11) is 0. The molecule has 0 saturated carbocycles. The Morgan fingerprint density at radius 3 is 2.40 bits per heavy atom. The lowest BCUT2D eigenvalue weighted by atomic mass is 10.1. The van der Waals surface area contributed by atoms with Crippen LogP contribution in [0.4, 0.5) is 0 Å². The van der Waals surface area contributed by atoms with Gasteiger partial charge in [0, 0.05) is 37.9 Å². The summed E-state index contributed by atoms with van der Waals surface area (Å²) in [5.41, 5.74) is 2.74. The molecule has 2 aromatic heterocycles. The van der Waals surface area contributed by atoms with Crippen LogP contribution >= 0.6 is 0 Å². The van der Waals surface area contributed by atoms with Crippen LogP contribution < -0.4 is 0 Å². The first-order chi connectivity index (χ1) is 12.2. The van der Waals surface area contributed by atoms with Gasteiger partial charge in [-0.25, -0.2) is 4.98 Å². The monoisotopic (exact) mass is 335 g/mol. The molecule has 0 bridgehead atoms. The van der Waals surface area contributed by atoms with Gasteiger partial charge in [-0.05, 0) is 30.3 Å². The maximum absolute atomic E-state index is 12.7. The minimum Gasteiger partial charge on any atom is -0.345 e. The number of benzene rings is 1. The standard InChI is InChI=1S/C18H17N5O2/c24-17(13-4-5-14-16(11-13)21-12-20-14)22-7-9-23(10-8-22)18(25)15-3-1-2-6-19-15/h1-6,11-12H,7-10H2,(H,20,21). The Balaban J connectivity index is 1.42. The highest BCUT2D eigenvalue weighted by Crippen LogP contribution is 2.15. The SMILES string of the molecule is O=C(c1ccc2nc[nH]c2c1)N1CCN(C(=O)c2ccccn2)CC1. The van der Waals surface area contributed by atoms with E-state index in [9.17, 15) is 9.59 Å². The molecular weight excluding hydrogens is 318 g/mol. The van der Waals surface area contributed by atoms with Crippen LogP contribution in [0.5, 0.6) is 0 Å². The van der Waals surface area contributed by atoms with E-state index < -0.39 is 0 Å². The van der Waals surface area contributed by atoms with Crippen molar-refractivity contribution in [3.63, 3.8) is 0 Å². The highest BCUT2D eigenvalue weighted by atomic mass is 16.2. The number of aromatic amines is 1. The number of hydrogen-bond acceptors (Lipinski definition) is 4. The first-order valence-corrected chi connectivity index (χ1v) is 8.15. The van der Waals surface area contributed by atoms with Crippen LogP contribution in [0.3, 0.4) is 0 Å². The van der Waals surface area contributed by atoms with E-state index in [2.05, 4.69) is 15.0 Å². The molecule has 1 aromatic carbocycles. The number of carbonyl (C=O) groups is 2. The van der Waals surface area contributed by atoms with Crippen LogP contribution in [0.25, 0.3) is 11.0 Å². The highest BCUT2D eigenvalue weighted by Gasteiger charge is 2.26. The van der Waals surface area contributed by atoms with Crippen LogP contribution in [-0.4, -0.2) is 62.7 Å². The summed E-state index contributed by atoms with van der Waals surface area (Å²) in [4.78, 5) is 39.9. The van der Waals surface area contributed by atoms with E-state index in [1.807, 2.05) is 12.1 Å². The molecule has 0 spiro atoms. The average Bonchev–Trinajstić information content (AvgIpc) is 3.15. The van der Waals surface area contributed by atoms with Gasteiger partial charge in [-0.1, -0.05) is 6.07 Å². The van der Waals surface area contributed by atoms with Gasteiger partial charge in [0.1, 0.15) is 5.69 Å². The first-order valence-electron chi connectivity index (χ1n) is 8.15. The van der Waals surface area contributed by atoms with E-state index in [0.29, 0.717) is 37.4 Å². The number of imidazole rings is 1. The van der Waals surface area contributed by atoms with Crippen molar-refractivity contribution in [3.8, 4) is 0 Å². The van der Waals surface area contributed by atoms with Gasteiger partial charge in [0.2, 0.25) is 0 Å². The summed E-state index contributed by atoms with van der Waals surface area (Å²) in [5.74, 6) is -0.118. The average molecular weight is 335 g/mol. The van der Waals surface area contributed by atoms with Gasteiger partial charge in [-0.2, -0.15) is 0 Å². The molecular formula is C18H17N5O2. The summed E-state index contributed by atoms with van der Waals surface area (Å²) in [6.45, 7) is 2.04. The third-order valence-electron chi connectivity index (χ3n) is 4.41. The normalized spacial score (nSPS) is 14.7. The van der Waals surface area contributed by atoms with Gasteiger partial charge in [0.05, 0.1) is 17.4 Å². The molecule has 0 atom stereocenters. The second-order valence-corrected chi connectivity index (χ2v) is 5.93. The molecule has 7 heteroatoms. The molecule has 0 aliphatic carbocycles. The number of fused-ring (bicyclic) bond motifs is 1. The van der Waals surface area contributed by atoms with E-state index in [1.165, 1.54) is 0 Å². The van der Waals surface area contributed by atoms with Crippen molar-refractivity contribution < 1.29 is 9.59 Å². The fourth-order valence-corrected chi connectivity index (χ4v) is 3.02. The van der Waals surface area contributed by atoms with E-state index in [0.717, 1.165) is 11.0 Å². The zero-order chi connectivity index (χ0) is 17.2. The quantitative estimate of drug-likeness (QED) is 0.770. The zero-order valence-corrected chi connectivity index (χ0v) is 13.6. The third kappa shape index (κ3) is 2.96. The van der Waals surface area contributed by atoms with Crippen LogP contribution in [-0.2, 0) is 0 Å². The van der Waals surface area contributed by atoms with Gasteiger partial charge in [0.25, 0.3) is 11.8 Å². The predicted molar refractivity (Wildman–Crippen MR) is 92.1 cm³/mol. The number of piperazine rings is 1. The fourth-order valence-electron chi connectivity index (χ4n) is 3.02. The molecule has 3 heterocycles. The Hall–Kier alpha value is -3.22. The van der Waals surface area contributed by atoms with Gasteiger partial charge in [-0.3, -0.25) is 14.6 Å². The second-order valence-electron chi connectivity index (χ2n) is 5.93. The third-order valence-corrected chi connectivity index (χ3v) is 4.41. The van der Waals surface area contributed by atoms with E-state index in [1.54, 1.807) is 46.6 Å². The molecule has 3 aromatic rings. The fraction of sp³-hybridized carbons (Fsp3) is 0.222. The molecule has 1 N–H and O–H groups in total. The zero-order valence-electron chi connectivity index (χ0n) is 13.6. The maximum Gasteiger partial charge on any atom is 0.272 e. The summed E-state index contributed by atoms with van der Waals surface area (Å²) >= 11 is 0. The molecule has 25 heavy (non-hydrogen) atoms. The second kappa shape index (κ2) is 6.35. The molecule has 0 unspecified atom stereocenters. The predicted octanol–water partition coefficient (Wildman–Crippen LogP) is 1.56. The van der Waals surface area contributed by atoms with Crippen molar-refractivity contribution in [2.75, 3.05) is 26.2 Å². The van der Waals surface area contributed by atoms with E-state index in [-0.39, 0.29) is 11.8 Å². The first kappa shape index (κ1) is 15.3. The minimum atomic E-state index is -0.0911. The van der Waals surface area contributed by atoms with Crippen molar-refractivity contribution in [2.45, 2.75) is 0 Å². The van der Waals surface area contributed by atoms with Crippen molar-refractivity contribution in [1.82, 2.24) is 24.8 Å². The van der Waals surface area contributed by atoms with Crippen LogP contribution in [0.1, 0.15) is 20.8 Å². The number of nitrogens with one attached hydrogen (secondary N) is 1. The number of carbonyl (C=O) groups excluding carboxylic acids is 2. The number of rotatable bonds is 2. The lowest BCUT2D eigenvalue weighted by molar-refractivity contribution is 0.0532. The molecule has 1 saturated heterocycles. The minimum absolute atomic E-state index is 0.0264. The van der Waals surface area contributed by atoms with Crippen molar-refractivity contribution >= 4 is 22.8 Å². The molecule has 126 valence electrons. The Morgan fingerprint density at radius 2 is 1.68 bits per heavy atom. The summed E-state index contributed by atoms with van der Waals surface area (Å²) < 4.78 is 0. The van der Waals surface area contributed by atoms with Crippen molar-refractivity contribution in [3.05, 3.63) is 60.2 Å². The molecule has 2 amide bonds. The highest BCUT2D eigenvalue weighted by molar-refractivity contribution is 5.97. The molecule has 1 aliphatic heterocycles. The molecule has 7 nitrogen and oxygen atoms in total. The summed E-state index contributed by atoms with van der Waals surface area (Å²) in [5, 5.41) is 0. The number of amides is 2. The lowest BCUT2D eigenvalue weighted by Crippen LogP contribution is -2.50. The van der Waals surface area contributed by atoms with Crippen LogP contribution in [0.15, 0.2) is 48.9 Å². The Kier molecular flexibility index (Phi) is 3.89. The molecule has 0 radical (unpaired) electrons. The van der Waals surface area contributed by atoms with Crippen LogP contribution in [0, 0.1) is 0 Å². The van der Waals surface area contributed by atoms with Crippen molar-refractivity contribution in [2.24, 2.45) is 0 Å². The summed E-state index contributed by atoms with van der Waals surface area (Å²) in [6, 6.07) is 10.7. The van der Waals surface area contributed by atoms with Crippen LogP contribution in [0.2, 0.25) is 0 Å². The number of aromatic nitrogens is 3. The number of H-pyrrole nitrogens is 1. The van der Waals surface area contributed by atoms with E-state index >= 15 is 0 Å². The number of pyridine rings is 1. The van der Waals surface area contributed by atoms with Crippen molar-refractivity contribution in [1.29, 1.82) is 0 Å². The smallest absolute Gasteiger partial charge is 0.272 e. The summed E-state index contributed by atoms with van der Waals surface area (Å²) in [6.07, 6.45) is 3.22. The van der Waals surface area contributed by atoms with Gasteiger partial charge >= 0.3 is 0 Å². The van der Waals surface area contributed by atoms with E-state index in [4.69, 9.17) is 0 Å². The Labute approximate surface area is 144 Å². The maximum atomic E-state index is 12.7. The van der Waals surface area contributed by atoms with Gasteiger partial charge in [0.15, 0.2) is 0 Å². The molecule has 1 fully saturated rings. The largest absolute Gasteiger partial charge is 0.345 e. The van der Waals surface area contributed by atoms with Gasteiger partial charge in [-0.15, -0.1) is 0 Å². The molecule has 4 rings (SSSR count). The Bertz CT molecular complexity index is 913. The Morgan fingerprint density at radius 1 is 0.920 bits per heavy atom. The lowest BCUT2D eigenvalue weighted by Gasteiger charge is -2.34.